The minimum Gasteiger partial charge on any atom is -0.367 e. The monoisotopic (exact) mass is 259 g/mol. The molecule has 0 amide bonds. The molecule has 3 aromatic rings. The summed E-state index contributed by atoms with van der Waals surface area (Å²) in [5.74, 6) is 1.49. The van der Waals surface area contributed by atoms with E-state index < -0.39 is 0 Å². The first-order valence-electron chi connectivity index (χ1n) is 5.74. The highest BCUT2D eigenvalue weighted by Crippen LogP contribution is 2.24. The Hall–Kier alpha value is -1.95. The maximum absolute atomic E-state index is 4.56. The van der Waals surface area contributed by atoms with E-state index in [-0.39, 0.29) is 0 Å². The molecule has 3 rings (SSSR count). The quantitative estimate of drug-likeness (QED) is 0.759. The highest BCUT2D eigenvalue weighted by Gasteiger charge is 2.11. The summed E-state index contributed by atoms with van der Waals surface area (Å²) in [6.07, 6.45) is 1.87. The van der Waals surface area contributed by atoms with Gasteiger partial charge in [-0.1, -0.05) is 0 Å². The molecule has 6 heteroatoms. The molecule has 3 heterocycles. The van der Waals surface area contributed by atoms with Crippen molar-refractivity contribution in [1.29, 1.82) is 0 Å². The van der Waals surface area contributed by atoms with Crippen LogP contribution in [-0.4, -0.2) is 26.0 Å². The van der Waals surface area contributed by atoms with E-state index in [1.54, 1.807) is 5.51 Å². The van der Waals surface area contributed by atoms with Crippen LogP contribution in [0.5, 0.6) is 0 Å². The Morgan fingerprint density at radius 2 is 2.22 bits per heavy atom. The fourth-order valence-electron chi connectivity index (χ4n) is 1.76. The van der Waals surface area contributed by atoms with E-state index in [0.717, 1.165) is 22.5 Å². The number of rotatable bonds is 3. The number of thiazole rings is 1. The van der Waals surface area contributed by atoms with Crippen molar-refractivity contribution >= 4 is 28.2 Å². The van der Waals surface area contributed by atoms with E-state index >= 15 is 0 Å². The average Bonchev–Trinajstić information content (AvgIpc) is 2.99. The molecule has 0 saturated carbocycles. The molecule has 0 atom stereocenters. The highest BCUT2D eigenvalue weighted by molar-refractivity contribution is 7.07. The highest BCUT2D eigenvalue weighted by atomic mass is 32.1. The van der Waals surface area contributed by atoms with Gasteiger partial charge in [0.05, 0.1) is 10.9 Å². The van der Waals surface area contributed by atoms with E-state index in [4.69, 9.17) is 0 Å². The molecule has 0 unspecified atom stereocenters. The van der Waals surface area contributed by atoms with Crippen LogP contribution in [0.1, 0.15) is 13.8 Å². The molecule has 0 aliphatic carbocycles. The van der Waals surface area contributed by atoms with Crippen LogP contribution in [0.2, 0.25) is 0 Å². The molecular formula is C12H13N5S. The van der Waals surface area contributed by atoms with Crippen molar-refractivity contribution in [3.8, 4) is 11.5 Å². The average molecular weight is 259 g/mol. The van der Waals surface area contributed by atoms with Gasteiger partial charge in [-0.25, -0.2) is 15.0 Å². The summed E-state index contributed by atoms with van der Waals surface area (Å²) in [5, 5.41) is 6.29. The second-order valence-electron chi connectivity index (χ2n) is 4.31. The number of nitrogens with zero attached hydrogens (tertiary/aromatic N) is 3. The van der Waals surface area contributed by atoms with Crippen LogP contribution in [0.4, 0.5) is 5.82 Å². The van der Waals surface area contributed by atoms with Crippen LogP contribution < -0.4 is 5.32 Å². The van der Waals surface area contributed by atoms with Gasteiger partial charge in [0.1, 0.15) is 17.2 Å². The molecule has 0 fully saturated rings. The van der Waals surface area contributed by atoms with Gasteiger partial charge in [-0.3, -0.25) is 0 Å². The van der Waals surface area contributed by atoms with Crippen LogP contribution in [0.3, 0.4) is 0 Å². The Bertz CT molecular complexity index is 656. The molecule has 0 bridgehead atoms. The lowest BCUT2D eigenvalue weighted by Gasteiger charge is -2.10. The van der Waals surface area contributed by atoms with Crippen molar-refractivity contribution in [1.82, 2.24) is 19.9 Å². The first-order valence-corrected chi connectivity index (χ1v) is 6.68. The molecule has 0 aliphatic rings. The zero-order valence-electron chi connectivity index (χ0n) is 10.1. The standard InChI is InChI=1S/C12H13N5S/c1-7(2)15-11-8-3-4-13-10(8)16-12(17-11)9-5-18-6-14-9/h3-7H,1-2H3,(H2,13,15,16,17). The summed E-state index contributed by atoms with van der Waals surface area (Å²) in [6, 6.07) is 2.30. The van der Waals surface area contributed by atoms with Gasteiger partial charge >= 0.3 is 0 Å². The maximum Gasteiger partial charge on any atom is 0.183 e. The number of H-pyrrole nitrogens is 1. The van der Waals surface area contributed by atoms with E-state index in [0.29, 0.717) is 11.9 Å². The van der Waals surface area contributed by atoms with Crippen molar-refractivity contribution in [2.24, 2.45) is 0 Å². The predicted octanol–water partition coefficient (Wildman–Crippen LogP) is 2.90. The molecule has 92 valence electrons. The lowest BCUT2D eigenvalue weighted by molar-refractivity contribution is 0.891. The number of nitrogens with one attached hydrogen (secondary N) is 2. The Morgan fingerprint density at radius 1 is 1.33 bits per heavy atom. The van der Waals surface area contributed by atoms with Crippen LogP contribution in [0, 0.1) is 0 Å². The zero-order valence-corrected chi connectivity index (χ0v) is 11.0. The van der Waals surface area contributed by atoms with Gasteiger partial charge < -0.3 is 10.3 Å². The fourth-order valence-corrected chi connectivity index (χ4v) is 2.29. The van der Waals surface area contributed by atoms with Crippen molar-refractivity contribution < 1.29 is 0 Å². The predicted molar refractivity (Wildman–Crippen MR) is 73.8 cm³/mol. The normalized spacial score (nSPS) is 11.3. The van der Waals surface area contributed by atoms with Crippen molar-refractivity contribution in [2.75, 3.05) is 5.32 Å². The van der Waals surface area contributed by atoms with E-state index in [1.807, 2.05) is 17.6 Å². The molecule has 0 spiro atoms. The molecular weight excluding hydrogens is 246 g/mol. The maximum atomic E-state index is 4.56. The van der Waals surface area contributed by atoms with Crippen molar-refractivity contribution in [3.05, 3.63) is 23.2 Å². The van der Waals surface area contributed by atoms with Crippen molar-refractivity contribution in [3.63, 3.8) is 0 Å². The second kappa shape index (κ2) is 4.38. The third kappa shape index (κ3) is 1.95. The van der Waals surface area contributed by atoms with Crippen LogP contribution in [-0.2, 0) is 0 Å². The number of hydrogen-bond acceptors (Lipinski definition) is 5. The third-order valence-corrected chi connectivity index (χ3v) is 3.09. The summed E-state index contributed by atoms with van der Waals surface area (Å²) >= 11 is 1.54. The number of aromatic nitrogens is 4. The molecule has 0 radical (unpaired) electrons. The minimum absolute atomic E-state index is 0.321. The summed E-state index contributed by atoms with van der Waals surface area (Å²) in [4.78, 5) is 16.4. The Labute approximate surface area is 108 Å². The van der Waals surface area contributed by atoms with E-state index in [9.17, 15) is 0 Å². The smallest absolute Gasteiger partial charge is 0.183 e. The van der Waals surface area contributed by atoms with Crippen LogP contribution in [0.15, 0.2) is 23.2 Å². The lowest BCUT2D eigenvalue weighted by atomic mass is 10.3. The van der Waals surface area contributed by atoms with Gasteiger partial charge in [-0.05, 0) is 19.9 Å². The Kier molecular flexibility index (Phi) is 2.71. The van der Waals surface area contributed by atoms with Crippen molar-refractivity contribution in [2.45, 2.75) is 19.9 Å². The Morgan fingerprint density at radius 3 is 2.94 bits per heavy atom. The van der Waals surface area contributed by atoms with Crippen LogP contribution in [0.25, 0.3) is 22.6 Å². The number of anilines is 1. The SMILES string of the molecule is CC(C)Nc1nc(-c2cscn2)nc2[nH]ccc12. The second-order valence-corrected chi connectivity index (χ2v) is 5.03. The summed E-state index contributed by atoms with van der Waals surface area (Å²) in [5.41, 5.74) is 3.42. The van der Waals surface area contributed by atoms with E-state index in [2.05, 4.69) is 39.1 Å². The topological polar surface area (TPSA) is 66.5 Å². The lowest BCUT2D eigenvalue weighted by Crippen LogP contribution is -2.12. The molecule has 0 aliphatic heterocycles. The third-order valence-electron chi connectivity index (χ3n) is 2.50. The zero-order chi connectivity index (χ0) is 12.5. The molecule has 3 aromatic heterocycles. The first-order chi connectivity index (χ1) is 8.74. The van der Waals surface area contributed by atoms with Gasteiger partial charge in [0.25, 0.3) is 0 Å². The number of hydrogen-bond donors (Lipinski definition) is 2. The summed E-state index contributed by atoms with van der Waals surface area (Å²) < 4.78 is 0. The minimum atomic E-state index is 0.321. The molecule has 18 heavy (non-hydrogen) atoms. The number of aromatic amines is 1. The largest absolute Gasteiger partial charge is 0.367 e. The molecule has 5 nitrogen and oxygen atoms in total. The summed E-state index contributed by atoms with van der Waals surface area (Å²) in [7, 11) is 0. The van der Waals surface area contributed by atoms with Gasteiger partial charge in [-0.15, -0.1) is 11.3 Å². The van der Waals surface area contributed by atoms with Gasteiger partial charge in [0.15, 0.2) is 5.82 Å². The first kappa shape index (κ1) is 11.2. The molecule has 2 N–H and O–H groups in total. The number of fused-ring (bicyclic) bond motifs is 1. The van der Waals surface area contributed by atoms with E-state index in [1.165, 1.54) is 11.3 Å². The Balaban J connectivity index is 2.17. The van der Waals surface area contributed by atoms with Gasteiger partial charge in [-0.2, -0.15) is 0 Å². The summed E-state index contributed by atoms with van der Waals surface area (Å²) in [6.45, 7) is 4.17. The molecule has 0 saturated heterocycles. The molecule has 0 aromatic carbocycles. The van der Waals surface area contributed by atoms with Gasteiger partial charge in [0.2, 0.25) is 0 Å². The fraction of sp³-hybridized carbons (Fsp3) is 0.250. The van der Waals surface area contributed by atoms with Gasteiger partial charge in [0, 0.05) is 17.6 Å². The van der Waals surface area contributed by atoms with Crippen LogP contribution >= 0.6 is 11.3 Å².